The Morgan fingerprint density at radius 3 is 2.26 bits per heavy atom. The maximum atomic E-state index is 12.6. The van der Waals surface area contributed by atoms with Gasteiger partial charge in [-0.1, -0.05) is 12.1 Å². The third-order valence-electron chi connectivity index (χ3n) is 6.31. The molecule has 2 amide bonds. The first-order valence-corrected chi connectivity index (χ1v) is 11.0. The minimum absolute atomic E-state index is 0.0677. The molecule has 0 saturated carbocycles. The number of amides is 2. The number of piperidine rings is 1. The van der Waals surface area contributed by atoms with Crippen molar-refractivity contribution in [3.8, 4) is 34.1 Å². The van der Waals surface area contributed by atoms with Gasteiger partial charge in [-0.15, -0.1) is 0 Å². The average Bonchev–Trinajstić information content (AvgIpc) is 3.34. The van der Waals surface area contributed by atoms with Crippen LogP contribution in [0.2, 0.25) is 0 Å². The Hall–Kier alpha value is -4.05. The number of urea groups is 1. The number of aromatic nitrogens is 1. The molecule has 10 heteroatoms. The molecule has 1 aliphatic heterocycles. The first-order chi connectivity index (χ1) is 16.8. The Morgan fingerprint density at radius 2 is 1.69 bits per heavy atom. The Balaban J connectivity index is 1.80. The van der Waals surface area contributed by atoms with Crippen LogP contribution in [0.4, 0.5) is 4.79 Å². The molecule has 1 saturated heterocycles. The van der Waals surface area contributed by atoms with E-state index < -0.39 is 17.4 Å². The largest absolute Gasteiger partial charge is 0.497 e. The number of benzene rings is 2. The number of hydroxylamine groups is 2. The Labute approximate surface area is 202 Å². The second-order valence-electron chi connectivity index (χ2n) is 8.34. The molecule has 1 aromatic heterocycles. The van der Waals surface area contributed by atoms with Crippen LogP contribution in [-0.2, 0) is 10.2 Å². The highest BCUT2D eigenvalue weighted by Gasteiger charge is 2.49. The molecular weight excluding hydrogens is 454 g/mol. The van der Waals surface area contributed by atoms with Gasteiger partial charge in [0.2, 0.25) is 5.89 Å². The van der Waals surface area contributed by atoms with Crippen LogP contribution in [0, 0.1) is 0 Å². The number of carboxylic acid groups (broad SMARTS) is 1. The molecule has 0 bridgehead atoms. The maximum absolute atomic E-state index is 12.6. The third-order valence-corrected chi connectivity index (χ3v) is 6.31. The summed E-state index contributed by atoms with van der Waals surface area (Å²) in [5, 5.41) is 20.2. The van der Waals surface area contributed by atoms with Crippen molar-refractivity contribution in [1.82, 2.24) is 14.9 Å². The van der Waals surface area contributed by atoms with Gasteiger partial charge in [-0.2, -0.15) is 0 Å². The number of methoxy groups -OCH3 is 2. The number of oxazole rings is 1. The summed E-state index contributed by atoms with van der Waals surface area (Å²) in [6.07, 6.45) is 0.171. The standard InChI is InChI=1S/C25H27N3O7/c1-27(32)24(31)28-13-11-25(12-14-28,23(29)30)22-26-20(16-7-9-18(33-2)10-8-16)21(35-22)17-5-4-6-19(15-17)34-3/h4-10,15,32H,11-14H2,1-3H3,(H,29,30). The predicted molar refractivity (Wildman–Crippen MR) is 126 cm³/mol. The summed E-state index contributed by atoms with van der Waals surface area (Å²) in [5.41, 5.74) is 0.478. The first kappa shape index (κ1) is 24.1. The number of nitrogens with zero attached hydrogens (tertiary/aromatic N) is 3. The van der Waals surface area contributed by atoms with E-state index in [1.807, 2.05) is 24.3 Å². The zero-order valence-electron chi connectivity index (χ0n) is 19.7. The summed E-state index contributed by atoms with van der Waals surface area (Å²) in [6.45, 7) is 0.259. The summed E-state index contributed by atoms with van der Waals surface area (Å²) in [7, 11) is 4.37. The van der Waals surface area contributed by atoms with Crippen molar-refractivity contribution in [2.24, 2.45) is 0 Å². The van der Waals surface area contributed by atoms with Crippen LogP contribution in [0.3, 0.4) is 0 Å². The molecule has 0 atom stereocenters. The number of likely N-dealkylation sites (tertiary alicyclic amines) is 1. The van der Waals surface area contributed by atoms with E-state index in [0.29, 0.717) is 33.6 Å². The first-order valence-electron chi connectivity index (χ1n) is 11.0. The van der Waals surface area contributed by atoms with E-state index in [1.165, 1.54) is 11.9 Å². The second kappa shape index (κ2) is 9.67. The number of aliphatic carboxylic acids is 1. The van der Waals surface area contributed by atoms with Crippen molar-refractivity contribution in [3.63, 3.8) is 0 Å². The zero-order chi connectivity index (χ0) is 25.2. The number of rotatable bonds is 6. The molecule has 2 aromatic carbocycles. The van der Waals surface area contributed by atoms with Gasteiger partial charge >= 0.3 is 12.0 Å². The summed E-state index contributed by atoms with van der Waals surface area (Å²) < 4.78 is 16.8. The molecule has 10 nitrogen and oxygen atoms in total. The van der Waals surface area contributed by atoms with Gasteiger partial charge in [0.1, 0.15) is 22.6 Å². The highest BCUT2D eigenvalue weighted by atomic mass is 16.5. The lowest BCUT2D eigenvalue weighted by Gasteiger charge is -2.37. The molecule has 2 N–H and O–H groups in total. The van der Waals surface area contributed by atoms with Crippen LogP contribution in [0.15, 0.2) is 52.9 Å². The number of ether oxygens (including phenoxy) is 2. The van der Waals surface area contributed by atoms with Crippen molar-refractivity contribution < 1.29 is 33.8 Å². The molecule has 3 aromatic rings. The summed E-state index contributed by atoms with van der Waals surface area (Å²) in [4.78, 5) is 30.8. The number of carbonyl (C=O) groups is 2. The predicted octanol–water partition coefficient (Wildman–Crippen LogP) is 3.89. The highest BCUT2D eigenvalue weighted by Crippen LogP contribution is 2.42. The maximum Gasteiger partial charge on any atom is 0.343 e. The van der Waals surface area contributed by atoms with Crippen LogP contribution in [0.1, 0.15) is 18.7 Å². The molecule has 1 aliphatic rings. The van der Waals surface area contributed by atoms with E-state index in [9.17, 15) is 19.9 Å². The Morgan fingerprint density at radius 1 is 1.03 bits per heavy atom. The molecule has 35 heavy (non-hydrogen) atoms. The van der Waals surface area contributed by atoms with Crippen LogP contribution in [0.25, 0.3) is 22.6 Å². The smallest absolute Gasteiger partial charge is 0.343 e. The van der Waals surface area contributed by atoms with E-state index in [0.717, 1.165) is 5.56 Å². The number of hydrogen-bond donors (Lipinski definition) is 2. The average molecular weight is 482 g/mol. The van der Waals surface area contributed by atoms with Gasteiger partial charge in [0.15, 0.2) is 5.76 Å². The lowest BCUT2D eigenvalue weighted by Crippen LogP contribution is -2.51. The van der Waals surface area contributed by atoms with Crippen LogP contribution in [0.5, 0.6) is 11.5 Å². The lowest BCUT2D eigenvalue weighted by molar-refractivity contribution is -0.147. The third kappa shape index (κ3) is 4.52. The van der Waals surface area contributed by atoms with Crippen molar-refractivity contribution in [3.05, 3.63) is 54.4 Å². The van der Waals surface area contributed by atoms with E-state index in [1.54, 1.807) is 38.5 Å². The molecule has 184 valence electrons. The highest BCUT2D eigenvalue weighted by molar-refractivity contribution is 5.83. The van der Waals surface area contributed by atoms with Crippen LogP contribution in [-0.4, -0.2) is 71.6 Å². The fraction of sp³-hybridized carbons (Fsp3) is 0.320. The zero-order valence-corrected chi connectivity index (χ0v) is 19.7. The Kier molecular flexibility index (Phi) is 6.65. The fourth-order valence-corrected chi connectivity index (χ4v) is 4.23. The van der Waals surface area contributed by atoms with Crippen molar-refractivity contribution in [1.29, 1.82) is 0 Å². The van der Waals surface area contributed by atoms with E-state index >= 15 is 0 Å². The van der Waals surface area contributed by atoms with Crippen LogP contribution < -0.4 is 9.47 Å². The van der Waals surface area contributed by atoms with E-state index in [2.05, 4.69) is 0 Å². The minimum Gasteiger partial charge on any atom is -0.497 e. The number of hydrogen-bond acceptors (Lipinski definition) is 7. The molecule has 1 fully saturated rings. The van der Waals surface area contributed by atoms with Gasteiger partial charge in [-0.05, 0) is 49.2 Å². The molecule has 0 radical (unpaired) electrons. The van der Waals surface area contributed by atoms with Gasteiger partial charge in [-0.3, -0.25) is 10.0 Å². The van der Waals surface area contributed by atoms with Gasteiger partial charge in [-0.25, -0.2) is 14.8 Å². The fourth-order valence-electron chi connectivity index (χ4n) is 4.23. The number of carboxylic acids is 1. The molecule has 2 heterocycles. The monoisotopic (exact) mass is 481 g/mol. The second-order valence-corrected chi connectivity index (χ2v) is 8.34. The normalized spacial score (nSPS) is 14.9. The Bertz CT molecular complexity index is 1210. The van der Waals surface area contributed by atoms with Gasteiger partial charge in [0.05, 0.1) is 14.2 Å². The van der Waals surface area contributed by atoms with Gasteiger partial charge < -0.3 is 23.9 Å². The molecule has 0 aliphatic carbocycles. The van der Waals surface area contributed by atoms with Crippen molar-refractivity contribution in [2.75, 3.05) is 34.4 Å². The summed E-state index contributed by atoms with van der Waals surface area (Å²) >= 11 is 0. The summed E-state index contributed by atoms with van der Waals surface area (Å²) in [5.74, 6) is 0.695. The minimum atomic E-state index is -1.43. The quantitative estimate of drug-likeness (QED) is 0.401. The lowest BCUT2D eigenvalue weighted by atomic mass is 9.78. The molecule has 0 spiro atoms. The van der Waals surface area contributed by atoms with Gasteiger partial charge in [0, 0.05) is 31.3 Å². The molecule has 4 rings (SSSR count). The van der Waals surface area contributed by atoms with E-state index in [4.69, 9.17) is 18.9 Å². The molecular formula is C25H27N3O7. The van der Waals surface area contributed by atoms with Gasteiger partial charge in [0.25, 0.3) is 0 Å². The van der Waals surface area contributed by atoms with Crippen LogP contribution >= 0.6 is 0 Å². The topological polar surface area (TPSA) is 126 Å². The summed E-state index contributed by atoms with van der Waals surface area (Å²) in [6, 6.07) is 13.9. The SMILES string of the molecule is COc1ccc(-c2nc(C3(C(=O)O)CCN(C(=O)N(C)O)CC3)oc2-c2cccc(OC)c2)cc1. The molecule has 0 unspecified atom stereocenters. The number of carbonyl (C=O) groups excluding carboxylic acids is 1. The van der Waals surface area contributed by atoms with Crippen molar-refractivity contribution >= 4 is 12.0 Å². The van der Waals surface area contributed by atoms with E-state index in [-0.39, 0.29) is 31.8 Å². The van der Waals surface area contributed by atoms with Crippen molar-refractivity contribution in [2.45, 2.75) is 18.3 Å².